The summed E-state index contributed by atoms with van der Waals surface area (Å²) < 4.78 is 38.6. The number of aryl methyl sites for hydroxylation is 2. The van der Waals surface area contributed by atoms with Gasteiger partial charge < -0.3 is 19.3 Å². The summed E-state index contributed by atoms with van der Waals surface area (Å²) in [6.07, 6.45) is 1.92. The number of ether oxygens (including phenoxy) is 2. The average molecular weight is 587 g/mol. The summed E-state index contributed by atoms with van der Waals surface area (Å²) in [6, 6.07) is 14.6. The number of carbonyl (C=O) groups excluding carboxylic acids is 1. The highest BCUT2D eigenvalue weighted by atomic mass is 32.2. The molecule has 0 bridgehead atoms. The third kappa shape index (κ3) is 7.67. The van der Waals surface area contributed by atoms with E-state index in [2.05, 4.69) is 47.2 Å². The van der Waals surface area contributed by atoms with Gasteiger partial charge in [-0.05, 0) is 68.5 Å². The number of piperidine rings is 1. The third-order valence-corrected chi connectivity index (χ3v) is 10.7. The molecule has 2 fully saturated rings. The number of likely N-dealkylation sites (N-methyl/N-ethyl adjacent to an activating group) is 2. The van der Waals surface area contributed by atoms with Gasteiger partial charge in [-0.1, -0.05) is 30.3 Å². The molecule has 2 aliphatic heterocycles. The number of likely N-dealkylation sites (tertiary alicyclic amines) is 1. The van der Waals surface area contributed by atoms with Gasteiger partial charge in [0.2, 0.25) is 15.9 Å². The van der Waals surface area contributed by atoms with Crippen molar-refractivity contribution in [3.63, 3.8) is 0 Å². The first-order valence-electron chi connectivity index (χ1n) is 14.6. The van der Waals surface area contributed by atoms with Crippen LogP contribution in [-0.2, 0) is 19.6 Å². The summed E-state index contributed by atoms with van der Waals surface area (Å²) in [5.74, 6) is 1.09. The zero-order chi connectivity index (χ0) is 29.6. The van der Waals surface area contributed by atoms with Crippen LogP contribution in [-0.4, -0.2) is 114 Å². The molecule has 1 atom stereocenters. The number of hydrogen-bond acceptors (Lipinski definition) is 7. The van der Waals surface area contributed by atoms with Gasteiger partial charge in [0.05, 0.1) is 18.6 Å². The predicted molar refractivity (Wildman–Crippen MR) is 161 cm³/mol. The highest BCUT2D eigenvalue weighted by Crippen LogP contribution is 2.36. The van der Waals surface area contributed by atoms with Crippen molar-refractivity contribution < 1.29 is 22.7 Å². The Morgan fingerprint density at radius 1 is 1.00 bits per heavy atom. The number of methoxy groups -OCH3 is 1. The quantitative estimate of drug-likeness (QED) is 0.374. The van der Waals surface area contributed by atoms with Crippen LogP contribution in [0, 0.1) is 19.8 Å². The average Bonchev–Trinajstić information content (AvgIpc) is 2.96. The van der Waals surface area contributed by atoms with Crippen LogP contribution in [0.4, 0.5) is 0 Å². The van der Waals surface area contributed by atoms with Crippen molar-refractivity contribution >= 4 is 15.9 Å². The molecule has 1 amide bonds. The van der Waals surface area contributed by atoms with E-state index >= 15 is 0 Å². The normalized spacial score (nSPS) is 18.5. The van der Waals surface area contributed by atoms with Crippen molar-refractivity contribution in [3.8, 4) is 5.75 Å². The Bertz CT molecular complexity index is 1230. The maximum Gasteiger partial charge on any atom is 0.248 e. The van der Waals surface area contributed by atoms with E-state index in [1.807, 2.05) is 4.90 Å². The fourth-order valence-electron chi connectivity index (χ4n) is 6.15. The number of piperazine rings is 1. The van der Waals surface area contributed by atoms with E-state index in [4.69, 9.17) is 9.47 Å². The van der Waals surface area contributed by atoms with Crippen LogP contribution in [0.15, 0.2) is 47.4 Å². The molecule has 2 heterocycles. The highest BCUT2D eigenvalue weighted by Gasteiger charge is 2.34. The molecule has 2 aromatic carbocycles. The van der Waals surface area contributed by atoms with Crippen LogP contribution in [0.1, 0.15) is 35.6 Å². The Balaban J connectivity index is 1.26. The number of hydrogen-bond donors (Lipinski definition) is 0. The second kappa shape index (κ2) is 14.1. The number of nitrogens with zero attached hydrogens (tertiary/aromatic N) is 4. The SMILES string of the molecule is COc1cc(C)c(S(=O)(=O)N(C)CCOCC(=O)N2CCC(C(c3ccccc3)N3CCN(C)CC3)CC2)c(C)c1. The Hall–Kier alpha value is -2.50. The zero-order valence-electron chi connectivity index (χ0n) is 25.2. The van der Waals surface area contributed by atoms with Gasteiger partial charge in [-0.3, -0.25) is 9.69 Å². The van der Waals surface area contributed by atoms with Crippen molar-refractivity contribution in [3.05, 3.63) is 59.2 Å². The number of sulfonamides is 1. The Kier molecular flexibility index (Phi) is 10.8. The van der Waals surface area contributed by atoms with E-state index in [0.717, 1.165) is 39.0 Å². The standard InChI is InChI=1S/C31H46N4O5S/c1-24-21-28(39-5)22-25(2)31(24)41(37,38)33(4)19-20-40-23-29(36)34-13-11-27(12-14-34)30(26-9-7-6-8-10-26)35-17-15-32(3)16-18-35/h6-10,21-22,27,30H,11-20,23H2,1-5H3. The molecule has 0 radical (unpaired) electrons. The fraction of sp³-hybridized carbons (Fsp3) is 0.581. The molecule has 0 aromatic heterocycles. The molecular weight excluding hydrogens is 540 g/mol. The van der Waals surface area contributed by atoms with E-state index in [-0.39, 0.29) is 30.6 Å². The monoisotopic (exact) mass is 586 g/mol. The van der Waals surface area contributed by atoms with Crippen LogP contribution >= 0.6 is 0 Å². The molecule has 9 nitrogen and oxygen atoms in total. The van der Waals surface area contributed by atoms with Crippen molar-refractivity contribution in [1.82, 2.24) is 19.0 Å². The van der Waals surface area contributed by atoms with E-state index in [0.29, 0.717) is 41.9 Å². The second-order valence-corrected chi connectivity index (χ2v) is 13.4. The van der Waals surface area contributed by atoms with Gasteiger partial charge >= 0.3 is 0 Å². The number of amides is 1. The minimum absolute atomic E-state index is 0.0355. The van der Waals surface area contributed by atoms with Gasteiger partial charge in [0, 0.05) is 58.9 Å². The second-order valence-electron chi connectivity index (χ2n) is 11.4. The largest absolute Gasteiger partial charge is 0.497 e. The van der Waals surface area contributed by atoms with Crippen molar-refractivity contribution in [1.29, 1.82) is 0 Å². The number of rotatable bonds is 11. The van der Waals surface area contributed by atoms with Crippen molar-refractivity contribution in [2.45, 2.75) is 37.6 Å². The first-order valence-corrected chi connectivity index (χ1v) is 16.0. The first-order chi connectivity index (χ1) is 19.6. The molecule has 2 aromatic rings. The lowest BCUT2D eigenvalue weighted by Crippen LogP contribution is -2.49. The van der Waals surface area contributed by atoms with Crippen LogP contribution in [0.5, 0.6) is 5.75 Å². The molecule has 0 saturated carbocycles. The van der Waals surface area contributed by atoms with Crippen LogP contribution in [0.2, 0.25) is 0 Å². The molecule has 4 rings (SSSR count). The molecule has 226 valence electrons. The summed E-state index contributed by atoms with van der Waals surface area (Å²) in [4.78, 5) is 20.1. The minimum atomic E-state index is -3.70. The van der Waals surface area contributed by atoms with Crippen molar-refractivity contribution in [2.24, 2.45) is 5.92 Å². The molecule has 41 heavy (non-hydrogen) atoms. The van der Waals surface area contributed by atoms with E-state index in [1.165, 1.54) is 16.9 Å². The van der Waals surface area contributed by atoms with E-state index < -0.39 is 10.0 Å². The van der Waals surface area contributed by atoms with Gasteiger partial charge in [0.25, 0.3) is 0 Å². The van der Waals surface area contributed by atoms with Crippen LogP contribution in [0.25, 0.3) is 0 Å². The molecule has 0 N–H and O–H groups in total. The van der Waals surface area contributed by atoms with Gasteiger partial charge in [0.1, 0.15) is 12.4 Å². The molecule has 2 aliphatic rings. The Labute approximate surface area is 246 Å². The number of benzene rings is 2. The lowest BCUT2D eigenvalue weighted by Gasteiger charge is -2.44. The lowest BCUT2D eigenvalue weighted by molar-refractivity contribution is -0.138. The van der Waals surface area contributed by atoms with Crippen LogP contribution in [0.3, 0.4) is 0 Å². The van der Waals surface area contributed by atoms with Gasteiger partial charge in [0.15, 0.2) is 0 Å². The molecule has 0 aliphatic carbocycles. The Morgan fingerprint density at radius 3 is 2.20 bits per heavy atom. The summed E-state index contributed by atoms with van der Waals surface area (Å²) >= 11 is 0. The summed E-state index contributed by atoms with van der Waals surface area (Å²) in [5.41, 5.74) is 2.63. The summed E-state index contributed by atoms with van der Waals surface area (Å²) in [5, 5.41) is 0. The van der Waals surface area contributed by atoms with Gasteiger partial charge in [-0.2, -0.15) is 4.31 Å². The van der Waals surface area contributed by atoms with Crippen molar-refractivity contribution in [2.75, 3.05) is 80.2 Å². The van der Waals surface area contributed by atoms with E-state index in [1.54, 1.807) is 33.1 Å². The maximum atomic E-state index is 13.2. The summed E-state index contributed by atoms with van der Waals surface area (Å²) in [6.45, 7) is 9.50. The molecular formula is C31H46N4O5S. The van der Waals surface area contributed by atoms with Gasteiger partial charge in [-0.25, -0.2) is 8.42 Å². The molecule has 2 saturated heterocycles. The smallest absolute Gasteiger partial charge is 0.248 e. The topological polar surface area (TPSA) is 82.6 Å². The maximum absolute atomic E-state index is 13.2. The molecule has 0 spiro atoms. The predicted octanol–water partition coefficient (Wildman–Crippen LogP) is 3.18. The Morgan fingerprint density at radius 2 is 1.61 bits per heavy atom. The minimum Gasteiger partial charge on any atom is -0.497 e. The van der Waals surface area contributed by atoms with E-state index in [9.17, 15) is 13.2 Å². The van der Waals surface area contributed by atoms with Crippen LogP contribution < -0.4 is 4.74 Å². The third-order valence-electron chi connectivity index (χ3n) is 8.53. The number of carbonyl (C=O) groups is 1. The highest BCUT2D eigenvalue weighted by molar-refractivity contribution is 7.89. The molecule has 1 unspecified atom stereocenters. The fourth-order valence-corrected chi connectivity index (χ4v) is 7.71. The molecule has 10 heteroatoms. The lowest BCUT2D eigenvalue weighted by atomic mass is 9.84. The first kappa shape index (κ1) is 31.4. The zero-order valence-corrected chi connectivity index (χ0v) is 26.0. The summed E-state index contributed by atoms with van der Waals surface area (Å²) in [7, 11) is 1.58. The van der Waals surface area contributed by atoms with Gasteiger partial charge in [-0.15, -0.1) is 0 Å².